The summed E-state index contributed by atoms with van der Waals surface area (Å²) in [6.45, 7) is 4.29. The smallest absolute Gasteiger partial charge is 0.147 e. The lowest BCUT2D eigenvalue weighted by Gasteiger charge is -2.13. The van der Waals surface area contributed by atoms with Gasteiger partial charge in [0.15, 0.2) is 0 Å². The van der Waals surface area contributed by atoms with Gasteiger partial charge in [0.1, 0.15) is 12.0 Å². The first-order valence-electron chi connectivity index (χ1n) is 5.77. The highest BCUT2D eigenvalue weighted by atomic mass is 16.5. The maximum Gasteiger partial charge on any atom is 0.147 e. The highest BCUT2D eigenvalue weighted by Crippen LogP contribution is 2.14. The minimum atomic E-state index is -0.174. The molecule has 0 bridgehead atoms. The zero-order chi connectivity index (χ0) is 11.1. The highest BCUT2D eigenvalue weighted by Gasteiger charge is 2.02. The first-order valence-corrected chi connectivity index (χ1v) is 5.77. The summed E-state index contributed by atoms with van der Waals surface area (Å²) in [6.07, 6.45) is 4.08. The Kier molecular flexibility index (Phi) is 5.19. The standard InChI is InChI=1S/C13H21NO/c1-3-5-11-7-9-12(10-8-11)15-13(14)6-4-2/h7-10,13H,3-6,14H2,1-2H3. The summed E-state index contributed by atoms with van der Waals surface area (Å²) in [5.74, 6) is 0.871. The molecule has 0 saturated carbocycles. The SMILES string of the molecule is CCCc1ccc(OC(N)CCC)cc1. The Balaban J connectivity index is 2.48. The second-order valence-corrected chi connectivity index (χ2v) is 3.84. The zero-order valence-electron chi connectivity index (χ0n) is 9.70. The summed E-state index contributed by atoms with van der Waals surface area (Å²) in [6, 6.07) is 8.22. The average Bonchev–Trinajstić information content (AvgIpc) is 2.22. The van der Waals surface area contributed by atoms with Crippen LogP contribution in [-0.4, -0.2) is 6.23 Å². The molecule has 0 aliphatic rings. The molecule has 0 aromatic heterocycles. The lowest BCUT2D eigenvalue weighted by Crippen LogP contribution is -2.26. The van der Waals surface area contributed by atoms with E-state index >= 15 is 0 Å². The Morgan fingerprint density at radius 1 is 1.13 bits per heavy atom. The fraction of sp³-hybridized carbons (Fsp3) is 0.538. The van der Waals surface area contributed by atoms with Crippen molar-refractivity contribution in [2.75, 3.05) is 0 Å². The Morgan fingerprint density at radius 3 is 2.33 bits per heavy atom. The van der Waals surface area contributed by atoms with Gasteiger partial charge in [0.05, 0.1) is 0 Å². The maximum atomic E-state index is 5.79. The molecule has 0 aliphatic heterocycles. The quantitative estimate of drug-likeness (QED) is 0.727. The van der Waals surface area contributed by atoms with Crippen LogP contribution in [0.15, 0.2) is 24.3 Å². The number of rotatable bonds is 6. The summed E-state index contributed by atoms with van der Waals surface area (Å²) in [7, 11) is 0. The minimum Gasteiger partial charge on any atom is -0.476 e. The van der Waals surface area contributed by atoms with E-state index in [1.807, 2.05) is 12.1 Å². The lowest BCUT2D eigenvalue weighted by molar-refractivity contribution is 0.197. The van der Waals surface area contributed by atoms with Gasteiger partial charge in [0.25, 0.3) is 0 Å². The normalized spacial score (nSPS) is 12.5. The van der Waals surface area contributed by atoms with E-state index < -0.39 is 0 Å². The number of hydrogen-bond donors (Lipinski definition) is 1. The van der Waals surface area contributed by atoms with Crippen LogP contribution in [0.5, 0.6) is 5.75 Å². The monoisotopic (exact) mass is 207 g/mol. The third-order valence-electron chi connectivity index (χ3n) is 2.32. The predicted octanol–water partition coefficient (Wildman–Crippen LogP) is 3.10. The summed E-state index contributed by atoms with van der Waals surface area (Å²) in [5, 5.41) is 0. The van der Waals surface area contributed by atoms with Crippen molar-refractivity contribution >= 4 is 0 Å². The lowest BCUT2D eigenvalue weighted by atomic mass is 10.1. The van der Waals surface area contributed by atoms with Gasteiger partial charge in [-0.25, -0.2) is 0 Å². The largest absolute Gasteiger partial charge is 0.476 e. The van der Waals surface area contributed by atoms with E-state index in [0.717, 1.165) is 25.0 Å². The number of nitrogens with two attached hydrogens (primary N) is 1. The molecular formula is C13H21NO. The topological polar surface area (TPSA) is 35.2 Å². The summed E-state index contributed by atoms with van der Waals surface area (Å²) < 4.78 is 5.57. The van der Waals surface area contributed by atoms with E-state index in [0.29, 0.717) is 0 Å². The van der Waals surface area contributed by atoms with Crippen molar-refractivity contribution in [2.24, 2.45) is 5.73 Å². The molecule has 0 radical (unpaired) electrons. The van der Waals surface area contributed by atoms with Gasteiger partial charge in [-0.3, -0.25) is 5.73 Å². The Morgan fingerprint density at radius 2 is 1.80 bits per heavy atom. The Bertz CT molecular complexity index is 268. The highest BCUT2D eigenvalue weighted by molar-refractivity contribution is 5.27. The van der Waals surface area contributed by atoms with Crippen molar-refractivity contribution in [1.82, 2.24) is 0 Å². The third-order valence-corrected chi connectivity index (χ3v) is 2.32. The first-order chi connectivity index (χ1) is 7.26. The van der Waals surface area contributed by atoms with Crippen LogP contribution in [0.4, 0.5) is 0 Å². The maximum absolute atomic E-state index is 5.79. The molecular weight excluding hydrogens is 186 g/mol. The van der Waals surface area contributed by atoms with E-state index in [1.165, 1.54) is 12.0 Å². The first kappa shape index (κ1) is 12.1. The molecule has 0 aliphatic carbocycles. The van der Waals surface area contributed by atoms with Crippen molar-refractivity contribution in [3.05, 3.63) is 29.8 Å². The molecule has 2 heteroatoms. The molecule has 2 N–H and O–H groups in total. The second-order valence-electron chi connectivity index (χ2n) is 3.84. The third kappa shape index (κ3) is 4.34. The number of benzene rings is 1. The van der Waals surface area contributed by atoms with Gasteiger partial charge in [0, 0.05) is 0 Å². The molecule has 1 aromatic carbocycles. The predicted molar refractivity (Wildman–Crippen MR) is 63.9 cm³/mol. The van der Waals surface area contributed by atoms with Gasteiger partial charge in [-0.15, -0.1) is 0 Å². The molecule has 84 valence electrons. The number of aryl methyl sites for hydroxylation is 1. The van der Waals surface area contributed by atoms with E-state index in [4.69, 9.17) is 10.5 Å². The van der Waals surface area contributed by atoms with E-state index in [9.17, 15) is 0 Å². The van der Waals surface area contributed by atoms with Crippen molar-refractivity contribution in [3.8, 4) is 5.75 Å². The van der Waals surface area contributed by atoms with Crippen molar-refractivity contribution in [2.45, 2.75) is 45.8 Å². The average molecular weight is 207 g/mol. The second kappa shape index (κ2) is 6.46. The van der Waals surface area contributed by atoms with E-state index in [2.05, 4.69) is 26.0 Å². The Hall–Kier alpha value is -1.02. The van der Waals surface area contributed by atoms with Crippen LogP contribution >= 0.6 is 0 Å². The van der Waals surface area contributed by atoms with Crippen LogP contribution in [0, 0.1) is 0 Å². The number of hydrogen-bond acceptors (Lipinski definition) is 2. The molecule has 1 aromatic rings. The molecule has 2 nitrogen and oxygen atoms in total. The molecule has 0 spiro atoms. The van der Waals surface area contributed by atoms with Gasteiger partial charge in [-0.1, -0.05) is 38.8 Å². The van der Waals surface area contributed by atoms with Gasteiger partial charge in [-0.2, -0.15) is 0 Å². The van der Waals surface area contributed by atoms with Crippen molar-refractivity contribution in [3.63, 3.8) is 0 Å². The van der Waals surface area contributed by atoms with Crippen LogP contribution in [0.3, 0.4) is 0 Å². The fourth-order valence-electron chi connectivity index (χ4n) is 1.54. The molecule has 1 atom stereocenters. The Labute approximate surface area is 92.4 Å². The van der Waals surface area contributed by atoms with Crippen LogP contribution in [0.25, 0.3) is 0 Å². The molecule has 0 fully saturated rings. The van der Waals surface area contributed by atoms with Gasteiger partial charge in [-0.05, 0) is 30.5 Å². The molecule has 0 heterocycles. The number of ether oxygens (including phenoxy) is 1. The van der Waals surface area contributed by atoms with Gasteiger partial charge >= 0.3 is 0 Å². The van der Waals surface area contributed by atoms with E-state index in [1.54, 1.807) is 0 Å². The van der Waals surface area contributed by atoms with Gasteiger partial charge in [0.2, 0.25) is 0 Å². The van der Waals surface area contributed by atoms with E-state index in [-0.39, 0.29) is 6.23 Å². The van der Waals surface area contributed by atoms with Crippen molar-refractivity contribution in [1.29, 1.82) is 0 Å². The van der Waals surface area contributed by atoms with Crippen LogP contribution in [-0.2, 0) is 6.42 Å². The summed E-state index contributed by atoms with van der Waals surface area (Å²) >= 11 is 0. The molecule has 1 unspecified atom stereocenters. The van der Waals surface area contributed by atoms with Crippen LogP contribution < -0.4 is 10.5 Å². The minimum absolute atomic E-state index is 0.174. The molecule has 15 heavy (non-hydrogen) atoms. The molecule has 0 saturated heterocycles. The zero-order valence-corrected chi connectivity index (χ0v) is 9.70. The van der Waals surface area contributed by atoms with Crippen LogP contribution in [0.1, 0.15) is 38.7 Å². The summed E-state index contributed by atoms with van der Waals surface area (Å²) in [4.78, 5) is 0. The molecule has 1 rings (SSSR count). The van der Waals surface area contributed by atoms with Crippen LogP contribution in [0.2, 0.25) is 0 Å². The fourth-order valence-corrected chi connectivity index (χ4v) is 1.54. The van der Waals surface area contributed by atoms with Gasteiger partial charge < -0.3 is 4.74 Å². The van der Waals surface area contributed by atoms with Crippen molar-refractivity contribution < 1.29 is 4.74 Å². The summed E-state index contributed by atoms with van der Waals surface area (Å²) in [5.41, 5.74) is 7.15. The molecule has 0 amide bonds.